The standard InChI is InChI=1S/C29H26N4O2.ClH/c30-22-33-29(26-12-7-16-31-19-26)32-17-15-23-13-14-27(34-20-24-8-3-1-4-9-24)28(18-23)35-21-25-10-5-2-6-11-25;/h1-14,16,18-19H,15,17,20-21H2,(H,32,33);1H. The van der Waals surface area contributed by atoms with Crippen molar-refractivity contribution in [2.75, 3.05) is 6.54 Å². The number of hydrogen-bond acceptors (Lipinski definition) is 5. The first-order chi connectivity index (χ1) is 17.3. The van der Waals surface area contributed by atoms with Gasteiger partial charge in [0.05, 0.1) is 0 Å². The molecule has 0 saturated carbocycles. The number of amidine groups is 1. The maximum Gasteiger partial charge on any atom is 0.182 e. The van der Waals surface area contributed by atoms with Crippen LogP contribution < -0.4 is 14.8 Å². The highest BCUT2D eigenvalue weighted by Gasteiger charge is 2.09. The second-order valence-corrected chi connectivity index (χ2v) is 7.79. The molecule has 1 N–H and O–H groups in total. The highest BCUT2D eigenvalue weighted by molar-refractivity contribution is 5.99. The van der Waals surface area contributed by atoms with Gasteiger partial charge in [-0.15, -0.1) is 12.4 Å². The first-order valence-corrected chi connectivity index (χ1v) is 11.4. The number of ether oxygens (including phenoxy) is 2. The lowest BCUT2D eigenvalue weighted by Gasteiger charge is -2.14. The minimum absolute atomic E-state index is 0. The quantitative estimate of drug-likeness (QED) is 0.131. The third-order valence-electron chi connectivity index (χ3n) is 5.26. The van der Waals surface area contributed by atoms with Crippen molar-refractivity contribution in [2.45, 2.75) is 19.6 Å². The third kappa shape index (κ3) is 7.86. The molecule has 1 heterocycles. The van der Waals surface area contributed by atoms with E-state index in [-0.39, 0.29) is 12.4 Å². The molecule has 0 atom stereocenters. The second kappa shape index (κ2) is 14.1. The number of hydrogen-bond donors (Lipinski definition) is 1. The van der Waals surface area contributed by atoms with E-state index < -0.39 is 0 Å². The summed E-state index contributed by atoms with van der Waals surface area (Å²) in [5.41, 5.74) is 4.00. The molecule has 3 aromatic carbocycles. The molecule has 0 aliphatic heterocycles. The van der Waals surface area contributed by atoms with Crippen molar-refractivity contribution in [1.82, 2.24) is 10.3 Å². The molecule has 4 aromatic rings. The van der Waals surface area contributed by atoms with Crippen LogP contribution >= 0.6 is 12.4 Å². The maximum absolute atomic E-state index is 9.07. The van der Waals surface area contributed by atoms with Crippen LogP contribution in [0.15, 0.2) is 108 Å². The zero-order valence-corrected chi connectivity index (χ0v) is 20.5. The molecular weight excluding hydrogens is 472 g/mol. The largest absolute Gasteiger partial charge is 0.485 e. The second-order valence-electron chi connectivity index (χ2n) is 7.79. The van der Waals surface area contributed by atoms with Gasteiger partial charge >= 0.3 is 0 Å². The third-order valence-corrected chi connectivity index (χ3v) is 5.26. The first kappa shape index (κ1) is 26.3. The Bertz CT molecular complexity index is 1280. The molecule has 0 fully saturated rings. The molecule has 4 rings (SSSR count). The molecule has 7 heteroatoms. The van der Waals surface area contributed by atoms with Crippen molar-refractivity contribution in [3.63, 3.8) is 0 Å². The lowest BCUT2D eigenvalue weighted by atomic mass is 10.1. The van der Waals surface area contributed by atoms with E-state index in [2.05, 4.69) is 15.3 Å². The van der Waals surface area contributed by atoms with Crippen molar-refractivity contribution < 1.29 is 9.47 Å². The van der Waals surface area contributed by atoms with E-state index >= 15 is 0 Å². The maximum atomic E-state index is 9.07. The molecule has 6 nitrogen and oxygen atoms in total. The van der Waals surface area contributed by atoms with E-state index in [0.29, 0.717) is 43.5 Å². The number of aliphatic imine (C=N–C) groups is 1. The van der Waals surface area contributed by atoms with Gasteiger partial charge in [0.15, 0.2) is 17.7 Å². The monoisotopic (exact) mass is 498 g/mol. The molecule has 182 valence electrons. The van der Waals surface area contributed by atoms with Gasteiger partial charge in [-0.3, -0.25) is 15.3 Å². The summed E-state index contributed by atoms with van der Waals surface area (Å²) in [6.45, 7) is 1.41. The SMILES string of the molecule is Cl.N#CN/C(=N\CCc1ccc(OCc2ccccc2)c(OCc2ccccc2)c1)c1cccnc1. The molecule has 0 spiro atoms. The van der Waals surface area contributed by atoms with Crippen molar-refractivity contribution in [3.05, 3.63) is 126 Å². The number of pyridine rings is 1. The topological polar surface area (TPSA) is 79.5 Å². The molecule has 1 aromatic heterocycles. The summed E-state index contributed by atoms with van der Waals surface area (Å²) in [5, 5.41) is 11.7. The fraction of sp³-hybridized carbons (Fsp3) is 0.138. The number of nitrogens with one attached hydrogen (secondary N) is 1. The average Bonchev–Trinajstić information content (AvgIpc) is 2.92. The predicted octanol–water partition coefficient (Wildman–Crippen LogP) is 5.72. The Morgan fingerprint density at radius 1 is 0.806 bits per heavy atom. The van der Waals surface area contributed by atoms with Crippen LogP contribution in [-0.4, -0.2) is 17.4 Å². The van der Waals surface area contributed by atoms with E-state index in [9.17, 15) is 0 Å². The Labute approximate surface area is 217 Å². The number of nitriles is 1. The molecular formula is C29H27ClN4O2. The van der Waals surface area contributed by atoms with E-state index in [1.165, 1.54) is 0 Å². The van der Waals surface area contributed by atoms with Gasteiger partial charge in [-0.2, -0.15) is 5.26 Å². The molecule has 0 aliphatic rings. The van der Waals surface area contributed by atoms with Crippen LogP contribution in [0.5, 0.6) is 11.5 Å². The minimum atomic E-state index is 0. The fourth-order valence-corrected chi connectivity index (χ4v) is 3.47. The summed E-state index contributed by atoms with van der Waals surface area (Å²) in [6.07, 6.45) is 5.99. The van der Waals surface area contributed by atoms with Gasteiger partial charge < -0.3 is 9.47 Å². The van der Waals surface area contributed by atoms with Gasteiger partial charge in [0, 0.05) is 24.5 Å². The van der Waals surface area contributed by atoms with Crippen LogP contribution in [0.25, 0.3) is 0 Å². The molecule has 0 aliphatic carbocycles. The van der Waals surface area contributed by atoms with Crippen molar-refractivity contribution in [1.29, 1.82) is 5.26 Å². The van der Waals surface area contributed by atoms with Crippen LogP contribution in [0.4, 0.5) is 0 Å². The van der Waals surface area contributed by atoms with E-state index in [0.717, 1.165) is 22.3 Å². The Hall–Kier alpha value is -4.34. The molecule has 0 amide bonds. The summed E-state index contributed by atoms with van der Waals surface area (Å²) in [5.74, 6) is 1.89. The predicted molar refractivity (Wildman–Crippen MR) is 143 cm³/mol. The highest BCUT2D eigenvalue weighted by atomic mass is 35.5. The lowest BCUT2D eigenvalue weighted by Crippen LogP contribution is -2.20. The fourth-order valence-electron chi connectivity index (χ4n) is 3.47. The van der Waals surface area contributed by atoms with Crippen molar-refractivity contribution >= 4 is 18.2 Å². The lowest BCUT2D eigenvalue weighted by molar-refractivity contribution is 0.255. The van der Waals surface area contributed by atoms with E-state index in [1.807, 2.05) is 97.2 Å². The van der Waals surface area contributed by atoms with Crippen LogP contribution in [0, 0.1) is 11.5 Å². The van der Waals surface area contributed by atoms with Crippen LogP contribution in [-0.2, 0) is 19.6 Å². The van der Waals surface area contributed by atoms with Crippen LogP contribution in [0.1, 0.15) is 22.3 Å². The van der Waals surface area contributed by atoms with Gasteiger partial charge in [-0.1, -0.05) is 66.7 Å². The summed E-state index contributed by atoms with van der Waals surface area (Å²) in [4.78, 5) is 8.67. The molecule has 0 bridgehead atoms. The number of nitrogens with zero attached hydrogens (tertiary/aromatic N) is 3. The number of aromatic nitrogens is 1. The number of benzene rings is 3. The molecule has 36 heavy (non-hydrogen) atoms. The van der Waals surface area contributed by atoms with E-state index in [1.54, 1.807) is 12.4 Å². The number of halogens is 1. The van der Waals surface area contributed by atoms with Gasteiger partial charge in [0.2, 0.25) is 0 Å². The van der Waals surface area contributed by atoms with Gasteiger partial charge in [-0.05, 0) is 47.4 Å². The zero-order valence-electron chi connectivity index (χ0n) is 19.7. The van der Waals surface area contributed by atoms with Crippen molar-refractivity contribution in [2.24, 2.45) is 4.99 Å². The normalized spacial score (nSPS) is 10.6. The average molecular weight is 499 g/mol. The summed E-state index contributed by atoms with van der Waals surface area (Å²) in [6, 6.07) is 29.7. The molecule has 0 unspecified atom stereocenters. The highest BCUT2D eigenvalue weighted by Crippen LogP contribution is 2.30. The smallest absolute Gasteiger partial charge is 0.182 e. The summed E-state index contributed by atoms with van der Waals surface area (Å²) in [7, 11) is 0. The Kier molecular flexibility index (Phi) is 10.3. The zero-order chi connectivity index (χ0) is 24.1. The van der Waals surface area contributed by atoms with Gasteiger partial charge in [0.1, 0.15) is 19.0 Å². The van der Waals surface area contributed by atoms with Crippen LogP contribution in [0.3, 0.4) is 0 Å². The summed E-state index contributed by atoms with van der Waals surface area (Å²) < 4.78 is 12.3. The summed E-state index contributed by atoms with van der Waals surface area (Å²) >= 11 is 0. The Morgan fingerprint density at radius 2 is 1.47 bits per heavy atom. The Morgan fingerprint density at radius 3 is 2.08 bits per heavy atom. The Balaban J connectivity index is 0.00000361. The molecule has 0 radical (unpaired) electrons. The van der Waals surface area contributed by atoms with Gasteiger partial charge in [0.25, 0.3) is 0 Å². The van der Waals surface area contributed by atoms with Crippen molar-refractivity contribution in [3.8, 4) is 17.7 Å². The number of rotatable bonds is 10. The van der Waals surface area contributed by atoms with Gasteiger partial charge in [-0.25, -0.2) is 0 Å². The van der Waals surface area contributed by atoms with Crippen LogP contribution in [0.2, 0.25) is 0 Å². The molecule has 0 saturated heterocycles. The minimum Gasteiger partial charge on any atom is -0.485 e. The first-order valence-electron chi connectivity index (χ1n) is 11.4. The van der Waals surface area contributed by atoms with E-state index in [4.69, 9.17) is 14.7 Å².